The van der Waals surface area contributed by atoms with E-state index in [0.717, 1.165) is 21.4 Å². The van der Waals surface area contributed by atoms with Crippen LogP contribution in [0.5, 0.6) is 0 Å². The summed E-state index contributed by atoms with van der Waals surface area (Å²) >= 11 is 3.04. The second-order valence-corrected chi connectivity index (χ2v) is 7.75. The van der Waals surface area contributed by atoms with Crippen LogP contribution in [0, 0.1) is 6.92 Å². The number of nitrogens with zero attached hydrogens (tertiary/aromatic N) is 3. The highest BCUT2D eigenvalue weighted by molar-refractivity contribution is 7.99. The van der Waals surface area contributed by atoms with Crippen molar-refractivity contribution in [3.05, 3.63) is 52.2 Å². The number of carbonyl (C=O) groups is 1. The molecule has 3 rings (SSSR count). The predicted molar refractivity (Wildman–Crippen MR) is 103 cm³/mol. The molecule has 1 atom stereocenters. The summed E-state index contributed by atoms with van der Waals surface area (Å²) < 4.78 is 1.93. The molecule has 0 saturated heterocycles. The summed E-state index contributed by atoms with van der Waals surface area (Å²) in [5, 5.41) is 14.2. The lowest BCUT2D eigenvalue weighted by Crippen LogP contribution is -2.27. The minimum atomic E-state index is -0.00833. The summed E-state index contributed by atoms with van der Waals surface area (Å²) in [4.78, 5) is 13.3. The molecule has 1 amide bonds. The molecule has 25 heavy (non-hydrogen) atoms. The summed E-state index contributed by atoms with van der Waals surface area (Å²) in [6.45, 7) is 4.04. The van der Waals surface area contributed by atoms with Crippen molar-refractivity contribution in [3.63, 3.8) is 0 Å². The molecule has 1 N–H and O–H groups in total. The first-order valence-corrected chi connectivity index (χ1v) is 9.83. The molecule has 1 aromatic carbocycles. The molecule has 2 aromatic heterocycles. The van der Waals surface area contributed by atoms with Gasteiger partial charge in [-0.05, 0) is 31.4 Å². The van der Waals surface area contributed by atoms with Gasteiger partial charge >= 0.3 is 0 Å². The highest BCUT2D eigenvalue weighted by Gasteiger charge is 2.15. The molecule has 3 aromatic rings. The summed E-state index contributed by atoms with van der Waals surface area (Å²) in [5.74, 6) is 1.11. The van der Waals surface area contributed by atoms with Crippen molar-refractivity contribution in [3.8, 4) is 11.4 Å². The number of nitrogens with one attached hydrogen (secondary N) is 1. The first-order chi connectivity index (χ1) is 12.0. The van der Waals surface area contributed by atoms with E-state index in [4.69, 9.17) is 0 Å². The van der Waals surface area contributed by atoms with Gasteiger partial charge in [0.1, 0.15) is 0 Å². The lowest BCUT2D eigenvalue weighted by Gasteiger charge is -2.11. The van der Waals surface area contributed by atoms with Crippen LogP contribution in [-0.2, 0) is 11.8 Å². The molecule has 7 heteroatoms. The number of thiophene rings is 1. The molecule has 0 aliphatic carbocycles. The van der Waals surface area contributed by atoms with E-state index >= 15 is 0 Å². The zero-order valence-corrected chi connectivity index (χ0v) is 16.0. The Morgan fingerprint density at radius 3 is 2.88 bits per heavy atom. The first kappa shape index (κ1) is 17.7. The van der Waals surface area contributed by atoms with E-state index in [1.54, 1.807) is 11.3 Å². The van der Waals surface area contributed by atoms with Crippen molar-refractivity contribution in [2.75, 3.05) is 5.75 Å². The van der Waals surface area contributed by atoms with Crippen LogP contribution in [0.3, 0.4) is 0 Å². The van der Waals surface area contributed by atoms with Gasteiger partial charge in [0.15, 0.2) is 11.0 Å². The van der Waals surface area contributed by atoms with Crippen LogP contribution in [0.25, 0.3) is 11.4 Å². The van der Waals surface area contributed by atoms with Crippen molar-refractivity contribution in [1.82, 2.24) is 20.1 Å². The molecule has 130 valence electrons. The SMILES string of the molecule is Cc1cccc(-c2nnc(SCC(=O)NC(C)c3cccs3)n2C)c1. The summed E-state index contributed by atoms with van der Waals surface area (Å²) in [7, 11) is 1.92. The molecule has 0 aliphatic rings. The van der Waals surface area contributed by atoms with Crippen molar-refractivity contribution in [2.24, 2.45) is 7.05 Å². The van der Waals surface area contributed by atoms with E-state index in [1.807, 2.05) is 48.2 Å². The second kappa shape index (κ2) is 7.84. The topological polar surface area (TPSA) is 59.8 Å². The Morgan fingerprint density at radius 2 is 2.16 bits per heavy atom. The molecule has 5 nitrogen and oxygen atoms in total. The minimum Gasteiger partial charge on any atom is -0.348 e. The van der Waals surface area contributed by atoms with Gasteiger partial charge in [0, 0.05) is 17.5 Å². The fraction of sp³-hybridized carbons (Fsp3) is 0.278. The zero-order valence-electron chi connectivity index (χ0n) is 14.4. The van der Waals surface area contributed by atoms with Crippen LogP contribution in [-0.4, -0.2) is 26.4 Å². The van der Waals surface area contributed by atoms with Crippen LogP contribution in [0.15, 0.2) is 46.9 Å². The highest BCUT2D eigenvalue weighted by atomic mass is 32.2. The Bertz CT molecular complexity index is 858. The third-order valence-electron chi connectivity index (χ3n) is 3.79. The number of thioether (sulfide) groups is 1. The fourth-order valence-corrected chi connectivity index (χ4v) is 3.95. The normalized spacial score (nSPS) is 12.1. The monoisotopic (exact) mass is 372 g/mol. The first-order valence-electron chi connectivity index (χ1n) is 7.96. The van der Waals surface area contributed by atoms with Crippen LogP contribution >= 0.6 is 23.1 Å². The number of aryl methyl sites for hydroxylation is 1. The number of carbonyl (C=O) groups excluding carboxylic acids is 1. The maximum atomic E-state index is 12.2. The van der Waals surface area contributed by atoms with Gasteiger partial charge in [-0.3, -0.25) is 4.79 Å². The van der Waals surface area contributed by atoms with Crippen molar-refractivity contribution < 1.29 is 4.79 Å². The molecule has 0 radical (unpaired) electrons. The van der Waals surface area contributed by atoms with Crippen LogP contribution in [0.1, 0.15) is 23.4 Å². The molecular formula is C18H20N4OS2. The summed E-state index contributed by atoms with van der Waals surface area (Å²) in [6, 6.07) is 12.2. The quantitative estimate of drug-likeness (QED) is 0.668. The molecular weight excluding hydrogens is 352 g/mol. The summed E-state index contributed by atoms with van der Waals surface area (Å²) in [5.41, 5.74) is 2.20. The lowest BCUT2D eigenvalue weighted by atomic mass is 10.1. The van der Waals surface area contributed by atoms with Crippen molar-refractivity contribution in [2.45, 2.75) is 25.0 Å². The van der Waals surface area contributed by atoms with E-state index in [9.17, 15) is 4.79 Å². The average Bonchev–Trinajstić information content (AvgIpc) is 3.23. The number of hydrogen-bond donors (Lipinski definition) is 1. The number of amides is 1. The van der Waals surface area contributed by atoms with Crippen molar-refractivity contribution in [1.29, 1.82) is 0 Å². The van der Waals surface area contributed by atoms with Gasteiger partial charge < -0.3 is 9.88 Å². The Balaban J connectivity index is 1.61. The van der Waals surface area contributed by atoms with Gasteiger partial charge in [-0.15, -0.1) is 21.5 Å². The molecule has 0 spiro atoms. The maximum Gasteiger partial charge on any atom is 0.230 e. The lowest BCUT2D eigenvalue weighted by molar-refractivity contribution is -0.119. The largest absolute Gasteiger partial charge is 0.348 e. The van der Waals surface area contributed by atoms with Gasteiger partial charge in [-0.1, -0.05) is 41.6 Å². The Morgan fingerprint density at radius 1 is 1.32 bits per heavy atom. The van der Waals surface area contributed by atoms with Crippen LogP contribution in [0.2, 0.25) is 0 Å². The van der Waals surface area contributed by atoms with Crippen LogP contribution in [0.4, 0.5) is 0 Å². The van der Waals surface area contributed by atoms with Crippen LogP contribution < -0.4 is 5.32 Å². The van der Waals surface area contributed by atoms with E-state index in [2.05, 4.69) is 34.6 Å². The number of rotatable bonds is 6. The molecule has 0 fully saturated rings. The molecule has 1 unspecified atom stereocenters. The maximum absolute atomic E-state index is 12.2. The standard InChI is InChI=1S/C18H20N4OS2/c1-12-6-4-7-14(10-12)17-20-21-18(22(17)3)25-11-16(23)19-13(2)15-8-5-9-24-15/h4-10,13H,11H2,1-3H3,(H,19,23). The average molecular weight is 373 g/mol. The molecule has 2 heterocycles. The minimum absolute atomic E-state index is 0.00833. The smallest absolute Gasteiger partial charge is 0.230 e. The van der Waals surface area contributed by atoms with Gasteiger partial charge in [0.25, 0.3) is 0 Å². The zero-order chi connectivity index (χ0) is 17.8. The third kappa shape index (κ3) is 4.29. The Kier molecular flexibility index (Phi) is 5.55. The third-order valence-corrected chi connectivity index (χ3v) is 5.87. The van der Waals surface area contributed by atoms with Gasteiger partial charge in [0.2, 0.25) is 5.91 Å². The predicted octanol–water partition coefficient (Wildman–Crippen LogP) is 3.82. The highest BCUT2D eigenvalue weighted by Crippen LogP contribution is 2.23. The molecule has 0 saturated carbocycles. The van der Waals surface area contributed by atoms with E-state index in [1.165, 1.54) is 17.3 Å². The molecule has 0 aliphatic heterocycles. The van der Waals surface area contributed by atoms with Gasteiger partial charge in [-0.2, -0.15) is 0 Å². The number of aromatic nitrogens is 3. The Hall–Kier alpha value is -2.12. The van der Waals surface area contributed by atoms with Gasteiger partial charge in [0.05, 0.1) is 11.8 Å². The van der Waals surface area contributed by atoms with Gasteiger partial charge in [-0.25, -0.2) is 0 Å². The van der Waals surface area contributed by atoms with E-state index < -0.39 is 0 Å². The number of hydrogen-bond acceptors (Lipinski definition) is 5. The second-order valence-electron chi connectivity index (χ2n) is 5.83. The molecule has 0 bridgehead atoms. The fourth-order valence-electron chi connectivity index (χ4n) is 2.50. The van der Waals surface area contributed by atoms with E-state index in [-0.39, 0.29) is 11.9 Å². The Labute approximate surface area is 155 Å². The summed E-state index contributed by atoms with van der Waals surface area (Å²) in [6.07, 6.45) is 0. The number of benzene rings is 1. The van der Waals surface area contributed by atoms with E-state index in [0.29, 0.717) is 5.75 Å². The van der Waals surface area contributed by atoms with Crippen molar-refractivity contribution >= 4 is 29.0 Å².